The first-order valence-corrected chi connectivity index (χ1v) is 6.71. The Balaban J connectivity index is 2.08. The van der Waals surface area contributed by atoms with Crippen molar-refractivity contribution >= 4 is 28.3 Å². The number of rotatable bonds is 5. The number of halogens is 1. The lowest BCUT2D eigenvalue weighted by molar-refractivity contribution is -0.114. The average molecular weight is 310 g/mol. The van der Waals surface area contributed by atoms with Crippen molar-refractivity contribution in [2.24, 2.45) is 0 Å². The molecular formula is C13H11FN2O4S. The molecule has 0 aliphatic carbocycles. The first kappa shape index (κ1) is 14.9. The molecule has 0 unspecified atom stereocenters. The summed E-state index contributed by atoms with van der Waals surface area (Å²) in [6, 6.07) is 3.26. The van der Waals surface area contributed by atoms with Crippen LogP contribution < -0.4 is 10.1 Å². The maximum Gasteiger partial charge on any atom is 0.339 e. The lowest BCUT2D eigenvalue weighted by atomic mass is 10.2. The van der Waals surface area contributed by atoms with Gasteiger partial charge in [0.2, 0.25) is 5.91 Å². The molecule has 2 aromatic rings. The summed E-state index contributed by atoms with van der Waals surface area (Å²) in [6.07, 6.45) is 0. The van der Waals surface area contributed by atoms with Gasteiger partial charge in [-0.1, -0.05) is 0 Å². The lowest BCUT2D eigenvalue weighted by Gasteiger charge is -2.07. The minimum absolute atomic E-state index is 0.0159. The van der Waals surface area contributed by atoms with E-state index in [1.807, 2.05) is 0 Å². The molecule has 8 heteroatoms. The number of aromatic carboxylic acids is 1. The smallest absolute Gasteiger partial charge is 0.339 e. The van der Waals surface area contributed by atoms with E-state index in [0.29, 0.717) is 10.8 Å². The molecule has 2 N–H and O–H groups in total. The molecule has 0 atom stereocenters. The third kappa shape index (κ3) is 3.99. The number of carboxylic acids is 1. The third-order valence-electron chi connectivity index (χ3n) is 2.38. The number of carbonyl (C=O) groups is 2. The van der Waals surface area contributed by atoms with E-state index >= 15 is 0 Å². The SMILES string of the molecule is CC(=O)Nc1nc(COc2ccc(F)cc2C(=O)O)cs1. The topological polar surface area (TPSA) is 88.5 Å². The molecule has 2 rings (SSSR count). The molecule has 0 saturated heterocycles. The second-order valence-corrected chi connectivity index (χ2v) is 4.92. The Morgan fingerprint density at radius 2 is 2.24 bits per heavy atom. The Bertz CT molecular complexity index is 687. The zero-order valence-electron chi connectivity index (χ0n) is 10.9. The van der Waals surface area contributed by atoms with E-state index in [0.717, 1.165) is 12.1 Å². The van der Waals surface area contributed by atoms with Crippen LogP contribution in [0.5, 0.6) is 5.75 Å². The molecule has 110 valence electrons. The first-order valence-electron chi connectivity index (χ1n) is 5.83. The first-order chi connectivity index (χ1) is 9.95. The van der Waals surface area contributed by atoms with Crippen molar-refractivity contribution in [3.05, 3.63) is 40.7 Å². The van der Waals surface area contributed by atoms with Crippen molar-refractivity contribution in [3.63, 3.8) is 0 Å². The number of amides is 1. The number of carbonyl (C=O) groups excluding carboxylic acids is 1. The summed E-state index contributed by atoms with van der Waals surface area (Å²) in [7, 11) is 0. The van der Waals surface area contributed by atoms with Gasteiger partial charge in [-0.3, -0.25) is 4.79 Å². The maximum atomic E-state index is 13.0. The number of aromatic nitrogens is 1. The van der Waals surface area contributed by atoms with E-state index in [1.54, 1.807) is 5.38 Å². The van der Waals surface area contributed by atoms with E-state index < -0.39 is 11.8 Å². The molecule has 21 heavy (non-hydrogen) atoms. The molecule has 1 amide bonds. The summed E-state index contributed by atoms with van der Waals surface area (Å²) in [5.74, 6) is -2.11. The minimum atomic E-state index is -1.28. The quantitative estimate of drug-likeness (QED) is 0.886. The molecule has 0 spiro atoms. The number of hydrogen-bond donors (Lipinski definition) is 2. The van der Waals surface area contributed by atoms with E-state index in [9.17, 15) is 14.0 Å². The van der Waals surface area contributed by atoms with Gasteiger partial charge in [0.1, 0.15) is 23.7 Å². The van der Waals surface area contributed by atoms with Crippen molar-refractivity contribution < 1.29 is 23.8 Å². The summed E-state index contributed by atoms with van der Waals surface area (Å²) in [6.45, 7) is 1.39. The second-order valence-electron chi connectivity index (χ2n) is 4.06. The van der Waals surface area contributed by atoms with E-state index in [1.165, 1.54) is 24.3 Å². The fourth-order valence-electron chi connectivity index (χ4n) is 1.53. The van der Waals surface area contributed by atoms with Gasteiger partial charge in [0, 0.05) is 12.3 Å². The number of hydrogen-bond acceptors (Lipinski definition) is 5. The normalized spacial score (nSPS) is 10.2. The lowest BCUT2D eigenvalue weighted by Crippen LogP contribution is -2.06. The summed E-state index contributed by atoms with van der Waals surface area (Å²) in [5.41, 5.74) is 0.275. The molecule has 1 heterocycles. The second kappa shape index (κ2) is 6.31. The van der Waals surface area contributed by atoms with Gasteiger partial charge in [-0.25, -0.2) is 14.2 Å². The van der Waals surface area contributed by atoms with Crippen molar-refractivity contribution in [3.8, 4) is 5.75 Å². The Labute approximate surface area is 123 Å². The molecular weight excluding hydrogens is 299 g/mol. The monoisotopic (exact) mass is 310 g/mol. The summed E-state index contributed by atoms with van der Waals surface area (Å²) in [5, 5.41) is 13.6. The van der Waals surface area contributed by atoms with Crippen LogP contribution in [-0.4, -0.2) is 22.0 Å². The number of benzene rings is 1. The fourth-order valence-corrected chi connectivity index (χ4v) is 2.27. The Hall–Kier alpha value is -2.48. The number of thiazole rings is 1. The van der Waals surface area contributed by atoms with E-state index in [2.05, 4.69) is 10.3 Å². The summed E-state index contributed by atoms with van der Waals surface area (Å²) in [4.78, 5) is 26.0. The van der Waals surface area contributed by atoms with Gasteiger partial charge >= 0.3 is 5.97 Å². The van der Waals surface area contributed by atoms with Crippen LogP contribution >= 0.6 is 11.3 Å². The van der Waals surface area contributed by atoms with Gasteiger partial charge in [-0.2, -0.15) is 0 Å². The van der Waals surface area contributed by atoms with Crippen LogP contribution in [0.1, 0.15) is 23.0 Å². The number of nitrogens with one attached hydrogen (secondary N) is 1. The van der Waals surface area contributed by atoms with Crippen molar-refractivity contribution in [2.45, 2.75) is 13.5 Å². The highest BCUT2D eigenvalue weighted by atomic mass is 32.1. The molecule has 6 nitrogen and oxygen atoms in total. The van der Waals surface area contributed by atoms with Gasteiger partial charge in [0.05, 0.1) is 5.69 Å². The van der Waals surface area contributed by atoms with Crippen LogP contribution in [0.4, 0.5) is 9.52 Å². The van der Waals surface area contributed by atoms with Gasteiger partial charge in [0.15, 0.2) is 5.13 Å². The highest BCUT2D eigenvalue weighted by Gasteiger charge is 2.13. The molecule has 0 fully saturated rings. The van der Waals surface area contributed by atoms with Crippen LogP contribution in [0.25, 0.3) is 0 Å². The van der Waals surface area contributed by atoms with Crippen molar-refractivity contribution in [2.75, 3.05) is 5.32 Å². The highest BCUT2D eigenvalue weighted by Crippen LogP contribution is 2.22. The van der Waals surface area contributed by atoms with Gasteiger partial charge in [0.25, 0.3) is 0 Å². The molecule has 1 aromatic heterocycles. The van der Waals surface area contributed by atoms with Crippen LogP contribution in [0.2, 0.25) is 0 Å². The largest absolute Gasteiger partial charge is 0.486 e. The van der Waals surface area contributed by atoms with Gasteiger partial charge in [-0.15, -0.1) is 11.3 Å². The summed E-state index contributed by atoms with van der Waals surface area (Å²) < 4.78 is 18.4. The maximum absolute atomic E-state index is 13.0. The predicted molar refractivity (Wildman–Crippen MR) is 74.1 cm³/mol. The van der Waals surface area contributed by atoms with Gasteiger partial charge in [-0.05, 0) is 18.2 Å². The number of anilines is 1. The minimum Gasteiger partial charge on any atom is -0.486 e. The van der Waals surface area contributed by atoms with E-state index in [-0.39, 0.29) is 23.8 Å². The third-order valence-corrected chi connectivity index (χ3v) is 3.19. The standard InChI is InChI=1S/C13H11FN2O4S/c1-7(17)15-13-16-9(6-21-13)5-20-11-3-2-8(14)4-10(11)12(18)19/h2-4,6H,5H2,1H3,(H,18,19)(H,15,16,17). The van der Waals surface area contributed by atoms with Crippen LogP contribution in [0, 0.1) is 5.82 Å². The summed E-state index contributed by atoms with van der Waals surface area (Å²) >= 11 is 1.23. The zero-order valence-corrected chi connectivity index (χ0v) is 11.7. The number of ether oxygens (including phenoxy) is 1. The fraction of sp³-hybridized carbons (Fsp3) is 0.154. The molecule has 0 aliphatic heterocycles. The average Bonchev–Trinajstić information content (AvgIpc) is 2.83. The zero-order chi connectivity index (χ0) is 15.4. The number of nitrogens with zero attached hydrogens (tertiary/aromatic N) is 1. The van der Waals surface area contributed by atoms with Crippen LogP contribution in [0.3, 0.4) is 0 Å². The Kier molecular flexibility index (Phi) is 4.49. The Morgan fingerprint density at radius 3 is 2.90 bits per heavy atom. The molecule has 0 radical (unpaired) electrons. The Morgan fingerprint density at radius 1 is 1.48 bits per heavy atom. The molecule has 1 aromatic carbocycles. The van der Waals surface area contributed by atoms with E-state index in [4.69, 9.17) is 9.84 Å². The molecule has 0 aliphatic rings. The van der Waals surface area contributed by atoms with Crippen molar-refractivity contribution in [1.29, 1.82) is 0 Å². The van der Waals surface area contributed by atoms with Crippen molar-refractivity contribution in [1.82, 2.24) is 4.98 Å². The molecule has 0 saturated carbocycles. The van der Waals surface area contributed by atoms with Gasteiger partial charge < -0.3 is 15.2 Å². The molecule has 0 bridgehead atoms. The number of carboxylic acid groups (broad SMARTS) is 1. The predicted octanol–water partition coefficient (Wildman–Crippen LogP) is 2.52. The highest BCUT2D eigenvalue weighted by molar-refractivity contribution is 7.13. The van der Waals surface area contributed by atoms with Crippen LogP contribution in [-0.2, 0) is 11.4 Å². The van der Waals surface area contributed by atoms with Crippen LogP contribution in [0.15, 0.2) is 23.6 Å².